The van der Waals surface area contributed by atoms with Gasteiger partial charge in [0.1, 0.15) is 0 Å². The van der Waals surface area contributed by atoms with Crippen LogP contribution in [0.1, 0.15) is 27.2 Å². The van der Waals surface area contributed by atoms with E-state index in [1.165, 1.54) is 0 Å². The fourth-order valence-electron chi connectivity index (χ4n) is 2.93. The van der Waals surface area contributed by atoms with Crippen LogP contribution < -0.4 is 4.46 Å². The van der Waals surface area contributed by atoms with Gasteiger partial charge in [-0.3, -0.25) is 0 Å². The first-order valence-corrected chi connectivity index (χ1v) is 10.8. The molecule has 128 valence electrons. The van der Waals surface area contributed by atoms with E-state index in [9.17, 15) is 13.4 Å². The minimum absolute atomic E-state index is 0.281. The van der Waals surface area contributed by atoms with E-state index in [2.05, 4.69) is 15.9 Å². The van der Waals surface area contributed by atoms with E-state index >= 15 is 0 Å². The van der Waals surface area contributed by atoms with Crippen LogP contribution in [0.5, 0.6) is 0 Å². The summed E-state index contributed by atoms with van der Waals surface area (Å²) in [6, 6.07) is 8.69. The van der Waals surface area contributed by atoms with Crippen LogP contribution in [0.15, 0.2) is 39.3 Å². The third kappa shape index (κ3) is 3.01. The molecule has 7 heteroatoms. The standard InChI is InChI=1S/C17H18BrNO4Se/c1-17(2,3)23-16(21)19-12-9-11(15(19)20)13(18)14(12)24(22)10-7-5-4-6-8-10/h4-8,11-12H,9H2,1-3H3/t11-,12+,24?/m0/s1. The van der Waals surface area contributed by atoms with E-state index < -0.39 is 37.5 Å². The molecule has 0 radical (unpaired) electrons. The molecular weight excluding hydrogens is 441 g/mol. The molecule has 1 saturated heterocycles. The van der Waals surface area contributed by atoms with Crippen molar-refractivity contribution in [1.82, 2.24) is 4.90 Å². The van der Waals surface area contributed by atoms with Crippen molar-refractivity contribution in [2.45, 2.75) is 38.8 Å². The Balaban J connectivity index is 1.93. The monoisotopic (exact) mass is 459 g/mol. The zero-order valence-corrected chi connectivity index (χ0v) is 16.9. The van der Waals surface area contributed by atoms with Gasteiger partial charge in [0, 0.05) is 0 Å². The van der Waals surface area contributed by atoms with Crippen LogP contribution in [0.4, 0.5) is 4.79 Å². The number of fused-ring (bicyclic) bond motifs is 2. The second-order valence-corrected chi connectivity index (χ2v) is 10.7. The van der Waals surface area contributed by atoms with Gasteiger partial charge in [0.2, 0.25) is 0 Å². The van der Waals surface area contributed by atoms with E-state index in [4.69, 9.17) is 4.74 Å². The van der Waals surface area contributed by atoms with Gasteiger partial charge in [0.25, 0.3) is 0 Å². The molecule has 1 fully saturated rings. The van der Waals surface area contributed by atoms with Gasteiger partial charge in [0.05, 0.1) is 0 Å². The van der Waals surface area contributed by atoms with Gasteiger partial charge in [-0.25, -0.2) is 0 Å². The summed E-state index contributed by atoms with van der Waals surface area (Å²) in [5, 5.41) is 0. The van der Waals surface area contributed by atoms with Gasteiger partial charge in [-0.1, -0.05) is 0 Å². The van der Waals surface area contributed by atoms with Crippen LogP contribution in [0, 0.1) is 5.92 Å². The maximum atomic E-state index is 13.0. The Kier molecular flexibility index (Phi) is 4.53. The third-order valence-electron chi connectivity index (χ3n) is 3.90. The number of benzene rings is 1. The van der Waals surface area contributed by atoms with E-state index in [1.54, 1.807) is 20.8 Å². The molecular formula is C17H18BrNO4Se. The Morgan fingerprint density at radius 1 is 1.29 bits per heavy atom. The quantitative estimate of drug-likeness (QED) is 0.639. The number of nitrogens with zero attached hydrogens (tertiary/aromatic N) is 1. The van der Waals surface area contributed by atoms with Crippen molar-refractivity contribution in [3.63, 3.8) is 0 Å². The molecule has 0 aromatic heterocycles. The summed E-state index contributed by atoms with van der Waals surface area (Å²) in [6.07, 6.45) is -0.187. The zero-order valence-electron chi connectivity index (χ0n) is 13.6. The van der Waals surface area contributed by atoms with Gasteiger partial charge >= 0.3 is 153 Å². The summed E-state index contributed by atoms with van der Waals surface area (Å²) < 4.78 is 20.5. The van der Waals surface area contributed by atoms with Gasteiger partial charge in [-0.05, 0) is 0 Å². The van der Waals surface area contributed by atoms with Crippen molar-refractivity contribution in [2.24, 2.45) is 5.92 Å². The molecule has 0 saturated carbocycles. The molecule has 2 bridgehead atoms. The number of rotatable bonds is 2. The molecule has 0 spiro atoms. The van der Waals surface area contributed by atoms with E-state index in [0.717, 1.165) is 9.36 Å². The predicted octanol–water partition coefficient (Wildman–Crippen LogP) is 2.67. The van der Waals surface area contributed by atoms with Crippen LogP contribution in [-0.4, -0.2) is 42.4 Å². The summed E-state index contributed by atoms with van der Waals surface area (Å²) >= 11 is 0.912. The van der Waals surface area contributed by atoms with Gasteiger partial charge in [-0.2, -0.15) is 0 Å². The number of hydrogen-bond donors (Lipinski definition) is 0. The number of imide groups is 1. The SMILES string of the molecule is CC(C)(C)OC(=O)N1C(=O)[C@H]2C[C@@H]1C([Se](=O)c1ccccc1)=C2Br. The Labute approximate surface area is 153 Å². The molecule has 2 aliphatic rings. The van der Waals surface area contributed by atoms with E-state index in [1.807, 2.05) is 30.3 Å². The molecule has 1 aliphatic heterocycles. The molecule has 24 heavy (non-hydrogen) atoms. The molecule has 3 atom stereocenters. The molecule has 5 nitrogen and oxygen atoms in total. The fraction of sp³-hybridized carbons (Fsp3) is 0.412. The summed E-state index contributed by atoms with van der Waals surface area (Å²) in [5.74, 6) is -0.710. The number of carbonyl (C=O) groups is 2. The molecule has 0 N–H and O–H groups in total. The minimum atomic E-state index is -2.54. The van der Waals surface area contributed by atoms with Crippen molar-refractivity contribution in [3.8, 4) is 0 Å². The van der Waals surface area contributed by atoms with Gasteiger partial charge in [-0.15, -0.1) is 0 Å². The number of ether oxygens (including phenoxy) is 1. The van der Waals surface area contributed by atoms with Crippen LogP contribution >= 0.6 is 15.9 Å². The fourth-order valence-corrected chi connectivity index (χ4v) is 7.33. The first kappa shape index (κ1) is 17.5. The summed E-state index contributed by atoms with van der Waals surface area (Å²) in [6.45, 7) is 5.26. The topological polar surface area (TPSA) is 63.7 Å². The third-order valence-corrected chi connectivity index (χ3v) is 8.81. The Hall–Kier alpha value is -1.30. The van der Waals surface area contributed by atoms with E-state index in [0.29, 0.717) is 15.4 Å². The summed E-state index contributed by atoms with van der Waals surface area (Å²) in [7, 11) is 0. The first-order chi connectivity index (χ1) is 11.2. The van der Waals surface area contributed by atoms with Crippen molar-refractivity contribution < 1.29 is 18.2 Å². The van der Waals surface area contributed by atoms with Gasteiger partial charge in [0.15, 0.2) is 0 Å². The van der Waals surface area contributed by atoms with Gasteiger partial charge < -0.3 is 0 Å². The second-order valence-electron chi connectivity index (χ2n) is 6.79. The Bertz CT molecular complexity index is 754. The number of halogens is 1. The summed E-state index contributed by atoms with van der Waals surface area (Å²) in [4.78, 5) is 26.1. The number of amides is 2. The van der Waals surface area contributed by atoms with Crippen molar-refractivity contribution in [2.75, 3.05) is 0 Å². The molecule has 2 amide bonds. The normalized spacial score (nSPS) is 24.5. The number of carbonyl (C=O) groups excluding carboxylic acids is 2. The number of hydrogen-bond acceptors (Lipinski definition) is 4. The average Bonchev–Trinajstić information content (AvgIpc) is 3.00. The molecule has 1 unspecified atom stereocenters. The zero-order chi connectivity index (χ0) is 17.6. The molecule has 1 heterocycles. The van der Waals surface area contributed by atoms with Crippen molar-refractivity contribution in [1.29, 1.82) is 0 Å². The molecule has 1 aromatic carbocycles. The molecule has 1 aliphatic carbocycles. The number of likely N-dealkylation sites (tertiary alicyclic amines) is 1. The predicted molar refractivity (Wildman–Crippen MR) is 93.4 cm³/mol. The Morgan fingerprint density at radius 3 is 2.46 bits per heavy atom. The van der Waals surface area contributed by atoms with Crippen LogP contribution in [0.2, 0.25) is 0 Å². The van der Waals surface area contributed by atoms with Crippen LogP contribution in [0.3, 0.4) is 0 Å². The molecule has 3 rings (SSSR count). The second kappa shape index (κ2) is 6.21. The van der Waals surface area contributed by atoms with Crippen LogP contribution in [-0.2, 0) is 13.4 Å². The van der Waals surface area contributed by atoms with Crippen molar-refractivity contribution >= 4 is 46.2 Å². The molecule has 1 aromatic rings. The van der Waals surface area contributed by atoms with Crippen molar-refractivity contribution in [3.05, 3.63) is 39.3 Å². The Morgan fingerprint density at radius 2 is 1.92 bits per heavy atom. The maximum absolute atomic E-state index is 13.0. The average molecular weight is 459 g/mol. The summed E-state index contributed by atoms with van der Waals surface area (Å²) in [5.41, 5.74) is -0.688. The van der Waals surface area contributed by atoms with E-state index in [-0.39, 0.29) is 5.91 Å². The van der Waals surface area contributed by atoms with Crippen LogP contribution in [0.25, 0.3) is 0 Å². The first-order valence-electron chi connectivity index (χ1n) is 7.63.